The quantitative estimate of drug-likeness (QED) is 0.794. The molecular formula is C15H27N3S. The molecule has 0 radical (unpaired) electrons. The third-order valence-corrected chi connectivity index (χ3v) is 5.36. The zero-order valence-electron chi connectivity index (χ0n) is 12.3. The SMILES string of the molecule is CCNC(CSC1CCCC1)Cc1cnn(CC)c1. The summed E-state index contributed by atoms with van der Waals surface area (Å²) in [4.78, 5) is 0. The monoisotopic (exact) mass is 281 g/mol. The second-order valence-corrected chi connectivity index (χ2v) is 6.74. The maximum atomic E-state index is 4.37. The zero-order valence-corrected chi connectivity index (χ0v) is 13.1. The Hall–Kier alpha value is -0.480. The number of nitrogens with zero attached hydrogens (tertiary/aromatic N) is 2. The largest absolute Gasteiger partial charge is 0.313 e. The van der Waals surface area contributed by atoms with Gasteiger partial charge in [-0.15, -0.1) is 0 Å². The molecule has 1 saturated carbocycles. The summed E-state index contributed by atoms with van der Waals surface area (Å²) in [5.74, 6) is 1.23. The summed E-state index contributed by atoms with van der Waals surface area (Å²) in [6, 6.07) is 0.588. The van der Waals surface area contributed by atoms with Crippen molar-refractivity contribution < 1.29 is 0 Å². The Morgan fingerprint density at radius 1 is 1.42 bits per heavy atom. The van der Waals surface area contributed by atoms with E-state index in [9.17, 15) is 0 Å². The smallest absolute Gasteiger partial charge is 0.0522 e. The van der Waals surface area contributed by atoms with Gasteiger partial charge >= 0.3 is 0 Å². The number of hydrogen-bond acceptors (Lipinski definition) is 3. The van der Waals surface area contributed by atoms with Gasteiger partial charge in [-0.1, -0.05) is 19.8 Å². The van der Waals surface area contributed by atoms with Gasteiger partial charge in [0.05, 0.1) is 6.20 Å². The summed E-state index contributed by atoms with van der Waals surface area (Å²) < 4.78 is 2.02. The fourth-order valence-electron chi connectivity index (χ4n) is 2.76. The van der Waals surface area contributed by atoms with E-state index in [4.69, 9.17) is 0 Å². The van der Waals surface area contributed by atoms with Gasteiger partial charge in [-0.25, -0.2) is 0 Å². The van der Waals surface area contributed by atoms with Gasteiger partial charge in [-0.3, -0.25) is 4.68 Å². The Kier molecular flexibility index (Phi) is 6.24. The second-order valence-electron chi connectivity index (χ2n) is 5.40. The summed E-state index contributed by atoms with van der Waals surface area (Å²) in [6.45, 7) is 6.34. The number of thioether (sulfide) groups is 1. The first kappa shape index (κ1) is 14.9. The van der Waals surface area contributed by atoms with Gasteiger partial charge < -0.3 is 5.32 Å². The van der Waals surface area contributed by atoms with Crippen LogP contribution in [0, 0.1) is 0 Å². The lowest BCUT2D eigenvalue weighted by Crippen LogP contribution is -2.33. The fraction of sp³-hybridized carbons (Fsp3) is 0.800. The van der Waals surface area contributed by atoms with Crippen molar-refractivity contribution in [2.45, 2.75) is 63.8 Å². The van der Waals surface area contributed by atoms with Crippen LogP contribution in [-0.2, 0) is 13.0 Å². The lowest BCUT2D eigenvalue weighted by Gasteiger charge is -2.19. The van der Waals surface area contributed by atoms with E-state index in [1.54, 1.807) is 0 Å². The molecule has 0 saturated heterocycles. The highest BCUT2D eigenvalue weighted by atomic mass is 32.2. The molecule has 1 atom stereocenters. The molecule has 1 aliphatic carbocycles. The molecule has 3 nitrogen and oxygen atoms in total. The van der Waals surface area contributed by atoms with Crippen LogP contribution in [0.3, 0.4) is 0 Å². The Labute approximate surface area is 121 Å². The molecule has 0 bridgehead atoms. The van der Waals surface area contributed by atoms with Crippen molar-refractivity contribution in [1.82, 2.24) is 15.1 Å². The van der Waals surface area contributed by atoms with Gasteiger partial charge in [0.1, 0.15) is 0 Å². The Morgan fingerprint density at radius 2 is 2.21 bits per heavy atom. The van der Waals surface area contributed by atoms with E-state index in [1.165, 1.54) is 37.0 Å². The molecule has 0 spiro atoms. The lowest BCUT2D eigenvalue weighted by atomic mass is 10.1. The minimum Gasteiger partial charge on any atom is -0.313 e. The highest BCUT2D eigenvalue weighted by molar-refractivity contribution is 7.99. The van der Waals surface area contributed by atoms with Gasteiger partial charge in [0.2, 0.25) is 0 Å². The number of aryl methyl sites for hydroxylation is 1. The fourth-order valence-corrected chi connectivity index (χ4v) is 4.16. The second kappa shape index (κ2) is 7.95. The normalized spacial score (nSPS) is 18.0. The standard InChI is InChI=1S/C15H27N3S/c1-3-16-14(12-19-15-7-5-6-8-15)9-13-10-17-18(4-2)11-13/h10-11,14-16H,3-9,12H2,1-2H3. The van der Waals surface area contributed by atoms with Crippen molar-refractivity contribution in [3.8, 4) is 0 Å². The molecule has 1 aliphatic rings. The van der Waals surface area contributed by atoms with Gasteiger partial charge in [0.25, 0.3) is 0 Å². The van der Waals surface area contributed by atoms with E-state index in [1.807, 2.05) is 10.9 Å². The molecule has 19 heavy (non-hydrogen) atoms. The average Bonchev–Trinajstić information content (AvgIpc) is 3.07. The van der Waals surface area contributed by atoms with Crippen LogP contribution < -0.4 is 5.32 Å². The highest BCUT2D eigenvalue weighted by Gasteiger charge is 2.18. The maximum absolute atomic E-state index is 4.37. The minimum absolute atomic E-state index is 0.588. The zero-order chi connectivity index (χ0) is 13.5. The minimum atomic E-state index is 0.588. The average molecular weight is 281 g/mol. The topological polar surface area (TPSA) is 29.9 Å². The number of rotatable bonds is 8. The summed E-state index contributed by atoms with van der Waals surface area (Å²) in [5.41, 5.74) is 1.36. The van der Waals surface area contributed by atoms with Crippen LogP contribution in [0.2, 0.25) is 0 Å². The van der Waals surface area contributed by atoms with Gasteiger partial charge in [0, 0.05) is 29.8 Å². The van der Waals surface area contributed by atoms with Crippen molar-refractivity contribution in [2.75, 3.05) is 12.3 Å². The first-order valence-corrected chi connectivity index (χ1v) is 8.73. The molecule has 0 aromatic carbocycles. The third-order valence-electron chi connectivity index (χ3n) is 3.82. The van der Waals surface area contributed by atoms with E-state index in [-0.39, 0.29) is 0 Å². The molecular weight excluding hydrogens is 254 g/mol. The number of aromatic nitrogens is 2. The van der Waals surface area contributed by atoms with Crippen LogP contribution >= 0.6 is 11.8 Å². The van der Waals surface area contributed by atoms with E-state index < -0.39 is 0 Å². The van der Waals surface area contributed by atoms with E-state index in [2.05, 4.69) is 42.2 Å². The molecule has 4 heteroatoms. The lowest BCUT2D eigenvalue weighted by molar-refractivity contribution is 0.571. The molecule has 1 N–H and O–H groups in total. The molecule has 0 aliphatic heterocycles. The summed E-state index contributed by atoms with van der Waals surface area (Å²) >= 11 is 2.17. The summed E-state index contributed by atoms with van der Waals surface area (Å²) in [7, 11) is 0. The van der Waals surface area contributed by atoms with Gasteiger partial charge in [-0.2, -0.15) is 16.9 Å². The molecule has 0 amide bonds. The van der Waals surface area contributed by atoms with Crippen molar-refractivity contribution in [2.24, 2.45) is 0 Å². The van der Waals surface area contributed by atoms with Crippen molar-refractivity contribution in [3.05, 3.63) is 18.0 Å². The first-order chi connectivity index (χ1) is 9.31. The van der Waals surface area contributed by atoms with Crippen molar-refractivity contribution >= 4 is 11.8 Å². The van der Waals surface area contributed by atoms with Crippen molar-refractivity contribution in [1.29, 1.82) is 0 Å². The number of likely N-dealkylation sites (N-methyl/N-ethyl adjacent to an activating group) is 1. The highest BCUT2D eigenvalue weighted by Crippen LogP contribution is 2.30. The predicted molar refractivity (Wildman–Crippen MR) is 83.8 cm³/mol. The van der Waals surface area contributed by atoms with Crippen LogP contribution in [0.25, 0.3) is 0 Å². The maximum Gasteiger partial charge on any atom is 0.0522 e. The molecule has 1 aromatic heterocycles. The Bertz CT molecular complexity index is 358. The Morgan fingerprint density at radius 3 is 2.84 bits per heavy atom. The molecule has 1 fully saturated rings. The van der Waals surface area contributed by atoms with Crippen LogP contribution in [0.15, 0.2) is 12.4 Å². The van der Waals surface area contributed by atoms with Crippen LogP contribution in [-0.4, -0.2) is 33.4 Å². The van der Waals surface area contributed by atoms with Crippen LogP contribution in [0.1, 0.15) is 45.1 Å². The van der Waals surface area contributed by atoms with E-state index in [0.717, 1.165) is 24.8 Å². The van der Waals surface area contributed by atoms with E-state index in [0.29, 0.717) is 6.04 Å². The summed E-state index contributed by atoms with van der Waals surface area (Å²) in [5, 5.41) is 8.91. The van der Waals surface area contributed by atoms with Gasteiger partial charge in [-0.05, 0) is 38.3 Å². The molecule has 108 valence electrons. The number of hydrogen-bond donors (Lipinski definition) is 1. The van der Waals surface area contributed by atoms with Crippen molar-refractivity contribution in [3.63, 3.8) is 0 Å². The Balaban J connectivity index is 1.80. The summed E-state index contributed by atoms with van der Waals surface area (Å²) in [6.07, 6.45) is 11.0. The van der Waals surface area contributed by atoms with Gasteiger partial charge in [0.15, 0.2) is 0 Å². The predicted octanol–water partition coefficient (Wildman–Crippen LogP) is 3.10. The third kappa shape index (κ3) is 4.84. The van der Waals surface area contributed by atoms with Crippen LogP contribution in [0.5, 0.6) is 0 Å². The molecule has 1 heterocycles. The van der Waals surface area contributed by atoms with Crippen LogP contribution in [0.4, 0.5) is 0 Å². The molecule has 1 aromatic rings. The van der Waals surface area contributed by atoms with E-state index >= 15 is 0 Å². The molecule has 1 unspecified atom stereocenters. The first-order valence-electron chi connectivity index (χ1n) is 7.68. The number of nitrogens with one attached hydrogen (secondary N) is 1. The molecule has 2 rings (SSSR count).